The first-order valence-corrected chi connectivity index (χ1v) is 6.89. The molecule has 4 nitrogen and oxygen atoms in total. The molecule has 0 aliphatic heterocycles. The van der Waals surface area contributed by atoms with Crippen LogP contribution in [0.5, 0.6) is 0 Å². The number of allylic oxidation sites excluding steroid dienone is 1. The number of nitrogens with zero attached hydrogens (tertiary/aromatic N) is 2. The smallest absolute Gasteiger partial charge is 0.195 e. The van der Waals surface area contributed by atoms with Gasteiger partial charge in [-0.1, -0.05) is 38.7 Å². The molecule has 0 aromatic rings. The Labute approximate surface area is 110 Å². The van der Waals surface area contributed by atoms with Gasteiger partial charge in [0.2, 0.25) is 0 Å². The molecule has 0 atom stereocenters. The summed E-state index contributed by atoms with van der Waals surface area (Å²) in [6.07, 6.45) is 8.99. The van der Waals surface area contributed by atoms with Crippen molar-refractivity contribution in [3.63, 3.8) is 0 Å². The SMILES string of the molecule is C=C(C)/N=C(C)\N=C(/N)NC1CCCCCCC1. The predicted octanol–water partition coefficient (Wildman–Crippen LogP) is 2.96. The fourth-order valence-corrected chi connectivity index (χ4v) is 2.32. The molecule has 0 aromatic heterocycles. The molecule has 1 aliphatic rings. The van der Waals surface area contributed by atoms with Crippen molar-refractivity contribution < 1.29 is 0 Å². The molecule has 1 fully saturated rings. The van der Waals surface area contributed by atoms with Crippen LogP contribution in [0.4, 0.5) is 0 Å². The molecule has 0 radical (unpaired) electrons. The predicted molar refractivity (Wildman–Crippen MR) is 78.8 cm³/mol. The Morgan fingerprint density at radius 1 is 1.06 bits per heavy atom. The molecule has 0 heterocycles. The van der Waals surface area contributed by atoms with E-state index in [2.05, 4.69) is 21.9 Å². The number of hydrogen-bond donors (Lipinski definition) is 2. The lowest BCUT2D eigenvalue weighted by atomic mass is 9.97. The summed E-state index contributed by atoms with van der Waals surface area (Å²) in [6.45, 7) is 7.40. The maximum absolute atomic E-state index is 5.90. The Balaban J connectivity index is 2.48. The second-order valence-corrected chi connectivity index (χ2v) is 5.08. The monoisotopic (exact) mass is 250 g/mol. The third-order valence-electron chi connectivity index (χ3n) is 3.09. The van der Waals surface area contributed by atoms with Gasteiger partial charge in [-0.3, -0.25) is 0 Å². The van der Waals surface area contributed by atoms with Gasteiger partial charge in [0, 0.05) is 11.7 Å². The minimum atomic E-state index is 0.465. The Kier molecular flexibility index (Phi) is 6.47. The fourth-order valence-electron chi connectivity index (χ4n) is 2.32. The van der Waals surface area contributed by atoms with Crippen molar-refractivity contribution in [3.05, 3.63) is 12.3 Å². The van der Waals surface area contributed by atoms with Crippen molar-refractivity contribution in [2.45, 2.75) is 64.8 Å². The van der Waals surface area contributed by atoms with Crippen LogP contribution in [-0.4, -0.2) is 17.8 Å². The zero-order valence-electron chi connectivity index (χ0n) is 11.7. The molecular weight excluding hydrogens is 224 g/mol. The highest BCUT2D eigenvalue weighted by Crippen LogP contribution is 2.16. The zero-order chi connectivity index (χ0) is 13.4. The van der Waals surface area contributed by atoms with Gasteiger partial charge in [-0.05, 0) is 26.7 Å². The van der Waals surface area contributed by atoms with Crippen LogP contribution in [0.1, 0.15) is 58.8 Å². The van der Waals surface area contributed by atoms with E-state index in [9.17, 15) is 0 Å². The molecule has 0 aromatic carbocycles. The number of amidine groups is 1. The zero-order valence-corrected chi connectivity index (χ0v) is 11.7. The lowest BCUT2D eigenvalue weighted by Gasteiger charge is -2.21. The summed E-state index contributed by atoms with van der Waals surface area (Å²) in [4.78, 5) is 8.40. The molecule has 18 heavy (non-hydrogen) atoms. The Morgan fingerprint density at radius 3 is 2.17 bits per heavy atom. The molecule has 3 N–H and O–H groups in total. The average Bonchev–Trinajstić information content (AvgIpc) is 2.20. The standard InChI is InChI=1S/C14H26N4/c1-11(2)16-12(3)17-14(15)18-13-9-7-5-4-6-8-10-13/h13H,1,4-10H2,2-3H3,(H3,15,16,17,18). The van der Waals surface area contributed by atoms with Gasteiger partial charge in [0.1, 0.15) is 5.84 Å². The maximum atomic E-state index is 5.90. The fraction of sp³-hybridized carbons (Fsp3) is 0.714. The molecule has 0 bridgehead atoms. The van der Waals surface area contributed by atoms with Gasteiger partial charge in [-0.25, -0.2) is 9.98 Å². The molecule has 1 aliphatic carbocycles. The van der Waals surface area contributed by atoms with Crippen LogP contribution < -0.4 is 11.1 Å². The summed E-state index contributed by atoms with van der Waals surface area (Å²) in [7, 11) is 0. The van der Waals surface area contributed by atoms with E-state index in [1.807, 2.05) is 13.8 Å². The second-order valence-electron chi connectivity index (χ2n) is 5.08. The van der Waals surface area contributed by atoms with Crippen LogP contribution in [0.25, 0.3) is 0 Å². The molecule has 0 amide bonds. The molecule has 4 heteroatoms. The van der Waals surface area contributed by atoms with E-state index in [1.165, 1.54) is 44.9 Å². The third kappa shape index (κ3) is 6.42. The highest BCUT2D eigenvalue weighted by Gasteiger charge is 2.11. The van der Waals surface area contributed by atoms with Gasteiger partial charge in [-0.2, -0.15) is 0 Å². The van der Waals surface area contributed by atoms with E-state index in [1.54, 1.807) is 0 Å². The van der Waals surface area contributed by atoms with Gasteiger partial charge >= 0.3 is 0 Å². The normalized spacial score (nSPS) is 20.1. The number of rotatable bonds is 2. The second kappa shape index (κ2) is 7.90. The van der Waals surface area contributed by atoms with Crippen LogP contribution in [0.3, 0.4) is 0 Å². The molecule has 0 unspecified atom stereocenters. The summed E-state index contributed by atoms with van der Waals surface area (Å²) < 4.78 is 0. The van der Waals surface area contributed by atoms with Crippen LogP contribution in [-0.2, 0) is 0 Å². The highest BCUT2D eigenvalue weighted by atomic mass is 15.1. The summed E-state index contributed by atoms with van der Waals surface area (Å²) in [6, 6.07) is 0.465. The molecule has 0 saturated heterocycles. The largest absolute Gasteiger partial charge is 0.370 e. The Bertz CT molecular complexity index is 323. The minimum absolute atomic E-state index is 0.465. The number of hydrogen-bond acceptors (Lipinski definition) is 1. The van der Waals surface area contributed by atoms with E-state index >= 15 is 0 Å². The summed E-state index contributed by atoms with van der Waals surface area (Å²) in [5.74, 6) is 1.13. The van der Waals surface area contributed by atoms with Crippen LogP contribution >= 0.6 is 0 Å². The number of nitrogens with one attached hydrogen (secondary N) is 1. The third-order valence-corrected chi connectivity index (χ3v) is 3.09. The van der Waals surface area contributed by atoms with E-state index in [0.29, 0.717) is 17.8 Å². The first-order valence-electron chi connectivity index (χ1n) is 6.89. The lowest BCUT2D eigenvalue weighted by Crippen LogP contribution is -2.40. The summed E-state index contributed by atoms with van der Waals surface area (Å²) in [5, 5.41) is 3.31. The van der Waals surface area contributed by atoms with Crippen molar-refractivity contribution in [2.75, 3.05) is 0 Å². The minimum Gasteiger partial charge on any atom is -0.370 e. The maximum Gasteiger partial charge on any atom is 0.195 e. The van der Waals surface area contributed by atoms with Crippen molar-refractivity contribution >= 4 is 11.8 Å². The van der Waals surface area contributed by atoms with Crippen LogP contribution in [0.15, 0.2) is 22.3 Å². The molecule has 1 rings (SSSR count). The highest BCUT2D eigenvalue weighted by molar-refractivity contribution is 5.94. The van der Waals surface area contributed by atoms with E-state index < -0.39 is 0 Å². The van der Waals surface area contributed by atoms with Crippen molar-refractivity contribution in [2.24, 2.45) is 15.7 Å². The Hall–Kier alpha value is -1.32. The van der Waals surface area contributed by atoms with Crippen molar-refractivity contribution in [1.29, 1.82) is 0 Å². The number of nitrogens with two attached hydrogens (primary N) is 1. The van der Waals surface area contributed by atoms with E-state index in [-0.39, 0.29) is 0 Å². The summed E-state index contributed by atoms with van der Waals surface area (Å²) >= 11 is 0. The number of aliphatic imine (C=N–C) groups is 2. The van der Waals surface area contributed by atoms with Crippen molar-refractivity contribution in [1.82, 2.24) is 5.32 Å². The van der Waals surface area contributed by atoms with Gasteiger partial charge in [-0.15, -0.1) is 0 Å². The van der Waals surface area contributed by atoms with Crippen LogP contribution in [0.2, 0.25) is 0 Å². The first kappa shape index (κ1) is 14.7. The van der Waals surface area contributed by atoms with Gasteiger partial charge in [0.25, 0.3) is 0 Å². The van der Waals surface area contributed by atoms with Gasteiger partial charge in [0.15, 0.2) is 5.96 Å². The van der Waals surface area contributed by atoms with E-state index in [0.717, 1.165) is 5.70 Å². The number of guanidine groups is 1. The average molecular weight is 250 g/mol. The molecule has 102 valence electrons. The first-order chi connectivity index (χ1) is 8.58. The van der Waals surface area contributed by atoms with Gasteiger partial charge < -0.3 is 11.1 Å². The Morgan fingerprint density at radius 2 is 1.61 bits per heavy atom. The molecule has 0 spiro atoms. The molecular formula is C14H26N4. The van der Waals surface area contributed by atoms with Crippen molar-refractivity contribution in [3.8, 4) is 0 Å². The van der Waals surface area contributed by atoms with E-state index in [4.69, 9.17) is 5.73 Å². The van der Waals surface area contributed by atoms with Gasteiger partial charge in [0.05, 0.1) is 0 Å². The molecule has 1 saturated carbocycles. The van der Waals surface area contributed by atoms with Crippen LogP contribution in [0, 0.1) is 0 Å². The summed E-state index contributed by atoms with van der Waals surface area (Å²) in [5.41, 5.74) is 6.65. The lowest BCUT2D eigenvalue weighted by molar-refractivity contribution is 0.428. The topological polar surface area (TPSA) is 62.8 Å². The quantitative estimate of drug-likeness (QED) is 0.584.